The van der Waals surface area contributed by atoms with Crippen LogP contribution in [0.2, 0.25) is 0 Å². The van der Waals surface area contributed by atoms with Gasteiger partial charge in [-0.15, -0.1) is 0 Å². The molecule has 1 aromatic rings. The number of carboxylic acid groups (broad SMARTS) is 4. The third-order valence-corrected chi connectivity index (χ3v) is 2.08. The first-order valence-electron chi connectivity index (χ1n) is 4.37. The zero-order valence-corrected chi connectivity index (χ0v) is 8.58. The molecule has 4 N–H and O–H groups in total. The third kappa shape index (κ3) is 3.53. The molecule has 1 aromatic carbocycles. The van der Waals surface area contributed by atoms with Gasteiger partial charge in [0.1, 0.15) is 0 Å². The quantitative estimate of drug-likeness (QED) is 0.554. The van der Waals surface area contributed by atoms with E-state index in [4.69, 9.17) is 20.4 Å². The molecule has 0 spiro atoms. The Bertz CT molecular complexity index is 479. The van der Waals surface area contributed by atoms with Crippen LogP contribution in [0.1, 0.15) is 41.4 Å². The van der Waals surface area contributed by atoms with Crippen molar-refractivity contribution >= 4 is 53.4 Å². The number of carbonyl (C=O) groups is 4. The number of rotatable bonds is 4. The van der Waals surface area contributed by atoms with E-state index in [9.17, 15) is 19.2 Å². The molecular weight excluding hydrogens is 271 g/mol. The van der Waals surface area contributed by atoms with Crippen LogP contribution in [0.15, 0.2) is 12.1 Å². The number of hydrogen-bond acceptors (Lipinski definition) is 4. The Hall–Kier alpha value is -1.90. The summed E-state index contributed by atoms with van der Waals surface area (Å²) < 4.78 is 0. The molecule has 0 heterocycles. The van der Waals surface area contributed by atoms with Crippen LogP contribution < -0.4 is 0 Å². The second-order valence-corrected chi connectivity index (χ2v) is 3.16. The average molecular weight is 278 g/mol. The van der Waals surface area contributed by atoms with Crippen LogP contribution in [0.5, 0.6) is 0 Å². The van der Waals surface area contributed by atoms with E-state index < -0.39 is 46.1 Å². The Morgan fingerprint density at radius 3 is 0.842 bits per heavy atom. The van der Waals surface area contributed by atoms with E-state index in [1.165, 1.54) is 0 Å². The van der Waals surface area contributed by atoms with Crippen molar-refractivity contribution in [3.05, 3.63) is 34.4 Å². The summed E-state index contributed by atoms with van der Waals surface area (Å²) in [6, 6.07) is 1.02. The van der Waals surface area contributed by atoms with Crippen LogP contribution in [0.4, 0.5) is 0 Å². The Kier molecular flexibility index (Phi) is 5.69. The van der Waals surface area contributed by atoms with E-state index in [-0.39, 0.29) is 29.6 Å². The van der Waals surface area contributed by atoms with Gasteiger partial charge in [0.15, 0.2) is 0 Å². The molecule has 0 unspecified atom stereocenters. The molecule has 1 rings (SSSR count). The van der Waals surface area contributed by atoms with Gasteiger partial charge in [0, 0.05) is 0 Å². The van der Waals surface area contributed by atoms with Crippen molar-refractivity contribution in [3.8, 4) is 0 Å². The molecule has 8 nitrogen and oxygen atoms in total. The summed E-state index contributed by atoms with van der Waals surface area (Å²) in [5, 5.41) is 35.0. The molecule has 0 aliphatic rings. The van der Waals surface area contributed by atoms with Gasteiger partial charge in [0.2, 0.25) is 0 Å². The normalized spacial score (nSPS) is 9.26. The van der Waals surface area contributed by atoms with E-state index in [0.717, 1.165) is 0 Å². The van der Waals surface area contributed by atoms with Gasteiger partial charge < -0.3 is 20.4 Å². The predicted molar refractivity (Wildman–Crippen MR) is 61.4 cm³/mol. The molecule has 0 aromatic heterocycles. The number of aromatic carboxylic acids is 4. The molecule has 0 radical (unpaired) electrons. The Labute approximate surface area is 127 Å². The van der Waals surface area contributed by atoms with Gasteiger partial charge in [-0.25, -0.2) is 19.2 Å². The summed E-state index contributed by atoms with van der Waals surface area (Å²) in [6.45, 7) is 0. The van der Waals surface area contributed by atoms with Crippen molar-refractivity contribution < 1.29 is 39.6 Å². The fourth-order valence-corrected chi connectivity index (χ4v) is 1.31. The SMILES string of the molecule is O=C(O)c1cc(C(=O)O)c(C(=O)O)cc1C(=O)O.[NaH]. The average Bonchev–Trinajstić information content (AvgIpc) is 2.26. The standard InChI is InChI=1S/C10H6O8.Na.H/c11-7(12)3-1-4(8(13)14)6(10(17)18)2-5(3)9(15)16;;/h1-2H,(H,11,12)(H,13,14)(H,15,16)(H,17,18);;. The van der Waals surface area contributed by atoms with Gasteiger partial charge in [0.25, 0.3) is 0 Å². The Morgan fingerprint density at radius 2 is 0.737 bits per heavy atom. The Morgan fingerprint density at radius 1 is 0.579 bits per heavy atom. The molecule has 0 aliphatic heterocycles. The molecule has 0 fully saturated rings. The summed E-state index contributed by atoms with van der Waals surface area (Å²) in [6.07, 6.45) is 0. The molecule has 0 saturated carbocycles. The van der Waals surface area contributed by atoms with Crippen LogP contribution in [0, 0.1) is 0 Å². The van der Waals surface area contributed by atoms with Gasteiger partial charge in [0.05, 0.1) is 22.3 Å². The minimum atomic E-state index is -1.66. The summed E-state index contributed by atoms with van der Waals surface area (Å²) in [5.74, 6) is -6.64. The fourth-order valence-electron chi connectivity index (χ4n) is 1.31. The zero-order valence-electron chi connectivity index (χ0n) is 8.58. The second kappa shape index (κ2) is 6.32. The van der Waals surface area contributed by atoms with Crippen LogP contribution in [0.3, 0.4) is 0 Å². The van der Waals surface area contributed by atoms with E-state index >= 15 is 0 Å². The first-order chi connectivity index (χ1) is 8.25. The van der Waals surface area contributed by atoms with Gasteiger partial charge in [-0.2, -0.15) is 0 Å². The van der Waals surface area contributed by atoms with Gasteiger partial charge in [-0.1, -0.05) is 0 Å². The van der Waals surface area contributed by atoms with Crippen LogP contribution in [-0.2, 0) is 0 Å². The first kappa shape index (κ1) is 17.1. The minimum absolute atomic E-state index is 0. The molecule has 0 aliphatic carbocycles. The maximum atomic E-state index is 10.8. The zero-order chi connectivity index (χ0) is 14.0. The van der Waals surface area contributed by atoms with Crippen molar-refractivity contribution in [2.75, 3.05) is 0 Å². The number of carboxylic acids is 4. The van der Waals surface area contributed by atoms with Crippen molar-refractivity contribution in [2.24, 2.45) is 0 Å². The first-order valence-corrected chi connectivity index (χ1v) is 4.37. The van der Waals surface area contributed by atoms with Crippen molar-refractivity contribution in [2.45, 2.75) is 0 Å². The van der Waals surface area contributed by atoms with E-state index in [1.54, 1.807) is 0 Å². The fraction of sp³-hybridized carbons (Fsp3) is 0. The van der Waals surface area contributed by atoms with Crippen molar-refractivity contribution in [1.82, 2.24) is 0 Å². The predicted octanol–water partition coefficient (Wildman–Crippen LogP) is -0.169. The van der Waals surface area contributed by atoms with Gasteiger partial charge >= 0.3 is 53.4 Å². The van der Waals surface area contributed by atoms with Crippen molar-refractivity contribution in [1.29, 1.82) is 0 Å². The molecule has 0 saturated heterocycles. The van der Waals surface area contributed by atoms with Crippen LogP contribution >= 0.6 is 0 Å². The number of benzene rings is 1. The topological polar surface area (TPSA) is 149 Å². The molecule has 0 amide bonds. The third-order valence-electron chi connectivity index (χ3n) is 2.08. The molecule has 19 heavy (non-hydrogen) atoms. The van der Waals surface area contributed by atoms with Crippen LogP contribution in [0.25, 0.3) is 0 Å². The van der Waals surface area contributed by atoms with Crippen LogP contribution in [-0.4, -0.2) is 73.9 Å². The molecule has 9 heteroatoms. The molecule has 0 atom stereocenters. The van der Waals surface area contributed by atoms with Gasteiger partial charge in [-0.05, 0) is 12.1 Å². The summed E-state index contributed by atoms with van der Waals surface area (Å²) in [7, 11) is 0. The Balaban J connectivity index is 0.00000324. The molecule has 96 valence electrons. The summed E-state index contributed by atoms with van der Waals surface area (Å²) in [4.78, 5) is 43.1. The molecular formula is C10H7NaO8. The van der Waals surface area contributed by atoms with Gasteiger partial charge in [-0.3, -0.25) is 0 Å². The van der Waals surface area contributed by atoms with E-state index in [2.05, 4.69) is 0 Å². The second-order valence-electron chi connectivity index (χ2n) is 3.16. The monoisotopic (exact) mass is 278 g/mol. The van der Waals surface area contributed by atoms with E-state index in [1.807, 2.05) is 0 Å². The summed E-state index contributed by atoms with van der Waals surface area (Å²) >= 11 is 0. The van der Waals surface area contributed by atoms with E-state index in [0.29, 0.717) is 12.1 Å². The van der Waals surface area contributed by atoms with Crippen molar-refractivity contribution in [3.63, 3.8) is 0 Å². The summed E-state index contributed by atoms with van der Waals surface area (Å²) in [5.41, 5.74) is -3.15. The number of hydrogen-bond donors (Lipinski definition) is 4. The molecule has 0 bridgehead atoms. The maximum absolute atomic E-state index is 10.8.